The maximum Gasteiger partial charge on any atom is 0.208 e. The number of sulfonamides is 1. The lowest BCUT2D eigenvalue weighted by molar-refractivity contribution is 0.0455. The molecule has 2 aliphatic rings. The van der Waals surface area contributed by atoms with Crippen LogP contribution in [-0.4, -0.2) is 83.5 Å². The van der Waals surface area contributed by atoms with Crippen LogP contribution in [-0.2, 0) is 10.0 Å². The fourth-order valence-corrected chi connectivity index (χ4v) is 4.21. The Morgan fingerprint density at radius 1 is 1.22 bits per heavy atom. The van der Waals surface area contributed by atoms with Crippen molar-refractivity contribution in [2.75, 3.05) is 59.2 Å². The summed E-state index contributed by atoms with van der Waals surface area (Å²) in [5, 5.41) is 0. The Balaban J connectivity index is 1.34. The van der Waals surface area contributed by atoms with Gasteiger partial charge in [0, 0.05) is 26.2 Å². The van der Waals surface area contributed by atoms with Gasteiger partial charge in [-0.3, -0.25) is 4.90 Å². The van der Waals surface area contributed by atoms with Gasteiger partial charge >= 0.3 is 0 Å². The minimum atomic E-state index is -3.10. The number of piperidine rings is 1. The van der Waals surface area contributed by atoms with E-state index in [0.29, 0.717) is 19.1 Å². The van der Waals surface area contributed by atoms with Crippen molar-refractivity contribution >= 4 is 10.0 Å². The summed E-state index contributed by atoms with van der Waals surface area (Å²) in [6.07, 6.45) is 3.60. The number of nitrogens with one attached hydrogen (secondary N) is 1. The summed E-state index contributed by atoms with van der Waals surface area (Å²) in [5.74, 6) is 2.34. The molecule has 8 heteroatoms. The molecule has 1 atom stereocenters. The second-order valence-electron chi connectivity index (χ2n) is 7.67. The molecular weight excluding hydrogens is 366 g/mol. The zero-order chi connectivity index (χ0) is 19.3. The van der Waals surface area contributed by atoms with Crippen LogP contribution in [0.15, 0.2) is 24.3 Å². The van der Waals surface area contributed by atoms with Gasteiger partial charge in [0.1, 0.15) is 12.7 Å². The quantitative estimate of drug-likeness (QED) is 0.706. The molecule has 1 fully saturated rings. The normalized spacial score (nSPS) is 21.5. The van der Waals surface area contributed by atoms with Crippen molar-refractivity contribution < 1.29 is 17.9 Å². The fraction of sp³-hybridized carbons (Fsp3) is 0.684. The van der Waals surface area contributed by atoms with Crippen LogP contribution in [0.3, 0.4) is 0 Å². The van der Waals surface area contributed by atoms with Gasteiger partial charge in [-0.2, -0.15) is 0 Å². The monoisotopic (exact) mass is 397 g/mol. The Kier molecular flexibility index (Phi) is 6.97. The summed E-state index contributed by atoms with van der Waals surface area (Å²) >= 11 is 0. The smallest absolute Gasteiger partial charge is 0.208 e. The number of benzene rings is 1. The molecule has 2 heterocycles. The van der Waals surface area contributed by atoms with Crippen molar-refractivity contribution in [2.45, 2.75) is 18.9 Å². The van der Waals surface area contributed by atoms with Crippen LogP contribution < -0.4 is 14.2 Å². The van der Waals surface area contributed by atoms with Crippen LogP contribution in [0.1, 0.15) is 12.8 Å². The summed E-state index contributed by atoms with van der Waals surface area (Å²) < 4.78 is 36.7. The largest absolute Gasteiger partial charge is 0.486 e. The highest BCUT2D eigenvalue weighted by molar-refractivity contribution is 7.88. The molecule has 0 aromatic heterocycles. The van der Waals surface area contributed by atoms with Gasteiger partial charge in [0.15, 0.2) is 11.5 Å². The third-order valence-corrected chi connectivity index (χ3v) is 5.89. The first kappa shape index (κ1) is 20.4. The van der Waals surface area contributed by atoms with Crippen molar-refractivity contribution in [1.82, 2.24) is 14.5 Å². The second kappa shape index (κ2) is 9.23. The highest BCUT2D eigenvalue weighted by Crippen LogP contribution is 2.31. The Morgan fingerprint density at radius 3 is 2.63 bits per heavy atom. The molecule has 2 aliphatic heterocycles. The first-order chi connectivity index (χ1) is 12.9. The molecule has 0 radical (unpaired) electrons. The molecule has 0 spiro atoms. The van der Waals surface area contributed by atoms with Gasteiger partial charge in [0.2, 0.25) is 10.0 Å². The van der Waals surface area contributed by atoms with Crippen LogP contribution in [0.5, 0.6) is 11.5 Å². The molecule has 27 heavy (non-hydrogen) atoms. The van der Waals surface area contributed by atoms with Gasteiger partial charge in [0.25, 0.3) is 0 Å². The van der Waals surface area contributed by atoms with Gasteiger partial charge in [-0.25, -0.2) is 13.1 Å². The minimum Gasteiger partial charge on any atom is -0.486 e. The van der Waals surface area contributed by atoms with E-state index in [1.54, 1.807) is 0 Å². The van der Waals surface area contributed by atoms with Gasteiger partial charge < -0.3 is 14.4 Å². The lowest BCUT2D eigenvalue weighted by atomic mass is 9.96. The van der Waals surface area contributed by atoms with Crippen LogP contribution in [0.2, 0.25) is 0 Å². The predicted molar refractivity (Wildman–Crippen MR) is 106 cm³/mol. The fourth-order valence-electron chi connectivity index (χ4n) is 3.75. The number of likely N-dealkylation sites (N-methyl/N-ethyl adjacent to an activating group) is 1. The SMILES string of the molecule is CN(CCNS(C)(=O)=O)CC1CCN(CC2COc3ccccc3O2)CC1. The lowest BCUT2D eigenvalue weighted by Crippen LogP contribution is -2.45. The van der Waals surface area contributed by atoms with Crippen molar-refractivity contribution in [2.24, 2.45) is 5.92 Å². The standard InChI is InChI=1S/C19H31N3O4S/c1-21(12-9-20-27(2,23)24)13-16-7-10-22(11-8-16)14-17-15-25-18-5-3-4-6-19(18)26-17/h3-6,16-17,20H,7-15H2,1-2H3. The molecule has 0 bridgehead atoms. The summed E-state index contributed by atoms with van der Waals surface area (Å²) in [6.45, 7) is 5.86. The number of rotatable bonds is 8. The Morgan fingerprint density at radius 2 is 1.93 bits per heavy atom. The van der Waals surface area contributed by atoms with E-state index in [0.717, 1.165) is 57.1 Å². The van der Waals surface area contributed by atoms with Crippen LogP contribution >= 0.6 is 0 Å². The maximum absolute atomic E-state index is 11.1. The van der Waals surface area contributed by atoms with Gasteiger partial charge in [-0.05, 0) is 51.0 Å². The van der Waals surface area contributed by atoms with Crippen molar-refractivity contribution in [3.8, 4) is 11.5 Å². The second-order valence-corrected chi connectivity index (χ2v) is 9.50. The van der Waals surface area contributed by atoms with Crippen LogP contribution in [0.4, 0.5) is 0 Å². The van der Waals surface area contributed by atoms with E-state index in [1.807, 2.05) is 24.3 Å². The summed E-state index contributed by atoms with van der Waals surface area (Å²) in [7, 11) is -1.04. The van der Waals surface area contributed by atoms with E-state index in [2.05, 4.69) is 21.6 Å². The van der Waals surface area contributed by atoms with Gasteiger partial charge in [0.05, 0.1) is 6.26 Å². The predicted octanol–water partition coefficient (Wildman–Crippen LogP) is 1.02. The molecule has 1 saturated heterocycles. The number of para-hydroxylation sites is 2. The number of hydrogen-bond donors (Lipinski definition) is 1. The zero-order valence-electron chi connectivity index (χ0n) is 16.3. The molecule has 0 amide bonds. The molecule has 1 unspecified atom stereocenters. The average Bonchev–Trinajstić information content (AvgIpc) is 2.62. The van der Waals surface area contributed by atoms with Crippen molar-refractivity contribution in [1.29, 1.82) is 0 Å². The number of hydrogen-bond acceptors (Lipinski definition) is 6. The zero-order valence-corrected chi connectivity index (χ0v) is 17.1. The van der Waals surface area contributed by atoms with Crippen molar-refractivity contribution in [3.05, 3.63) is 24.3 Å². The van der Waals surface area contributed by atoms with E-state index in [9.17, 15) is 8.42 Å². The highest BCUT2D eigenvalue weighted by Gasteiger charge is 2.26. The molecule has 1 aromatic carbocycles. The van der Waals surface area contributed by atoms with E-state index < -0.39 is 10.0 Å². The highest BCUT2D eigenvalue weighted by atomic mass is 32.2. The number of likely N-dealkylation sites (tertiary alicyclic amines) is 1. The van der Waals surface area contributed by atoms with E-state index in [1.165, 1.54) is 6.26 Å². The molecular formula is C19H31N3O4S. The molecule has 3 rings (SSSR count). The van der Waals surface area contributed by atoms with Crippen LogP contribution in [0, 0.1) is 5.92 Å². The van der Waals surface area contributed by atoms with Crippen LogP contribution in [0.25, 0.3) is 0 Å². The molecule has 7 nitrogen and oxygen atoms in total. The number of nitrogens with zero attached hydrogens (tertiary/aromatic N) is 2. The van der Waals surface area contributed by atoms with E-state index >= 15 is 0 Å². The third-order valence-electron chi connectivity index (χ3n) is 5.16. The Hall–Kier alpha value is -1.35. The number of fused-ring (bicyclic) bond motifs is 1. The summed E-state index contributed by atoms with van der Waals surface area (Å²) in [6, 6.07) is 7.83. The first-order valence-corrected chi connectivity index (χ1v) is 11.5. The van der Waals surface area contributed by atoms with Crippen molar-refractivity contribution in [3.63, 3.8) is 0 Å². The van der Waals surface area contributed by atoms with E-state index in [-0.39, 0.29) is 6.10 Å². The molecule has 152 valence electrons. The average molecular weight is 398 g/mol. The maximum atomic E-state index is 11.1. The molecule has 0 saturated carbocycles. The first-order valence-electron chi connectivity index (χ1n) is 9.63. The van der Waals surface area contributed by atoms with Gasteiger partial charge in [-0.15, -0.1) is 0 Å². The Bertz CT molecular complexity index is 705. The molecule has 1 aromatic rings. The minimum absolute atomic E-state index is 0.0844. The van der Waals surface area contributed by atoms with Gasteiger partial charge in [-0.1, -0.05) is 12.1 Å². The molecule has 1 N–H and O–H groups in total. The summed E-state index contributed by atoms with van der Waals surface area (Å²) in [4.78, 5) is 4.68. The Labute approximate surface area is 162 Å². The topological polar surface area (TPSA) is 71.1 Å². The van der Waals surface area contributed by atoms with E-state index in [4.69, 9.17) is 9.47 Å². The lowest BCUT2D eigenvalue weighted by Gasteiger charge is -2.36. The number of ether oxygens (including phenoxy) is 2. The third kappa shape index (κ3) is 6.64. The molecule has 0 aliphatic carbocycles. The summed E-state index contributed by atoms with van der Waals surface area (Å²) in [5.41, 5.74) is 0.